The van der Waals surface area contributed by atoms with Crippen molar-refractivity contribution in [2.75, 3.05) is 0 Å². The fourth-order valence-electron chi connectivity index (χ4n) is 0.816. The number of aryl methyl sites for hydroxylation is 1. The Hall–Kier alpha value is -1.33. The summed E-state index contributed by atoms with van der Waals surface area (Å²) >= 11 is 0. The largest absolute Gasteiger partial charge is 0.419 e. The zero-order valence-corrected chi connectivity index (χ0v) is 6.52. The number of nitrogens with zero attached hydrogens (tertiary/aromatic N) is 1. The summed E-state index contributed by atoms with van der Waals surface area (Å²) in [5, 5.41) is 0. The van der Waals surface area contributed by atoms with Crippen LogP contribution in [0.25, 0.3) is 0 Å². The van der Waals surface area contributed by atoms with Gasteiger partial charge in [-0.15, -0.1) is 0 Å². The average molecular weight is 195 g/mol. The molecule has 0 aromatic carbocycles. The van der Waals surface area contributed by atoms with Gasteiger partial charge in [-0.05, 0) is 6.07 Å². The molecular formula is C7H5F4NO. The van der Waals surface area contributed by atoms with Gasteiger partial charge in [0.1, 0.15) is 0 Å². The minimum atomic E-state index is -4.82. The molecule has 0 saturated heterocycles. The van der Waals surface area contributed by atoms with Crippen LogP contribution in [0.5, 0.6) is 0 Å². The first kappa shape index (κ1) is 9.76. The lowest BCUT2D eigenvalue weighted by Gasteiger charge is -2.07. The van der Waals surface area contributed by atoms with Gasteiger partial charge < -0.3 is 4.57 Å². The van der Waals surface area contributed by atoms with Crippen LogP contribution in [0.1, 0.15) is 5.56 Å². The molecule has 0 aliphatic heterocycles. The highest BCUT2D eigenvalue weighted by Gasteiger charge is 2.35. The first-order valence-electron chi connectivity index (χ1n) is 3.26. The Morgan fingerprint density at radius 3 is 2.38 bits per heavy atom. The van der Waals surface area contributed by atoms with E-state index in [0.29, 0.717) is 6.07 Å². The van der Waals surface area contributed by atoms with Gasteiger partial charge >= 0.3 is 6.18 Å². The van der Waals surface area contributed by atoms with Crippen molar-refractivity contribution < 1.29 is 17.6 Å². The van der Waals surface area contributed by atoms with E-state index < -0.39 is 23.1 Å². The van der Waals surface area contributed by atoms with Gasteiger partial charge in [0.2, 0.25) is 5.82 Å². The highest BCUT2D eigenvalue weighted by atomic mass is 19.4. The standard InChI is InChI=1S/C7H5F4NO/c1-12-3-2-4(7(9,10)11)5(8)6(12)13/h2-3H,1H3. The normalized spacial score (nSPS) is 11.8. The molecule has 0 N–H and O–H groups in total. The number of hydrogen-bond acceptors (Lipinski definition) is 1. The lowest BCUT2D eigenvalue weighted by atomic mass is 10.2. The molecule has 1 rings (SSSR count). The fourth-order valence-corrected chi connectivity index (χ4v) is 0.816. The fraction of sp³-hybridized carbons (Fsp3) is 0.286. The second-order valence-corrected chi connectivity index (χ2v) is 2.46. The quantitative estimate of drug-likeness (QED) is 0.575. The van der Waals surface area contributed by atoms with E-state index in [0.717, 1.165) is 10.8 Å². The van der Waals surface area contributed by atoms with E-state index in [2.05, 4.69) is 0 Å². The number of pyridine rings is 1. The minimum Gasteiger partial charge on any atom is -0.316 e. The molecule has 0 amide bonds. The Bertz CT molecular complexity index is 379. The molecule has 13 heavy (non-hydrogen) atoms. The molecule has 0 bridgehead atoms. The number of alkyl halides is 3. The van der Waals surface area contributed by atoms with Crippen LogP contribution in [0.2, 0.25) is 0 Å². The Morgan fingerprint density at radius 1 is 1.38 bits per heavy atom. The lowest BCUT2D eigenvalue weighted by Crippen LogP contribution is -2.24. The van der Waals surface area contributed by atoms with E-state index >= 15 is 0 Å². The first-order chi connectivity index (χ1) is 5.84. The van der Waals surface area contributed by atoms with Crippen LogP contribution in [0.4, 0.5) is 17.6 Å². The molecule has 72 valence electrons. The Labute approximate surface area is 70.4 Å². The van der Waals surface area contributed by atoms with Gasteiger partial charge in [0.25, 0.3) is 5.56 Å². The summed E-state index contributed by atoms with van der Waals surface area (Å²) in [6, 6.07) is 0.525. The Kier molecular flexibility index (Phi) is 2.15. The number of aromatic nitrogens is 1. The van der Waals surface area contributed by atoms with Gasteiger partial charge in [-0.2, -0.15) is 13.2 Å². The predicted octanol–water partition coefficient (Wildman–Crippen LogP) is 1.54. The van der Waals surface area contributed by atoms with E-state index in [1.54, 1.807) is 0 Å². The van der Waals surface area contributed by atoms with Crippen LogP contribution in [-0.2, 0) is 13.2 Å². The van der Waals surface area contributed by atoms with Crippen molar-refractivity contribution in [3.8, 4) is 0 Å². The van der Waals surface area contributed by atoms with Crippen molar-refractivity contribution >= 4 is 0 Å². The topological polar surface area (TPSA) is 22.0 Å². The molecule has 0 saturated carbocycles. The third-order valence-corrected chi connectivity index (χ3v) is 1.51. The second kappa shape index (κ2) is 2.86. The van der Waals surface area contributed by atoms with Crippen LogP contribution in [0.15, 0.2) is 17.1 Å². The zero-order valence-electron chi connectivity index (χ0n) is 6.52. The molecular weight excluding hydrogens is 190 g/mol. The predicted molar refractivity (Wildman–Crippen MR) is 36.6 cm³/mol. The maximum atomic E-state index is 12.7. The van der Waals surface area contributed by atoms with Crippen molar-refractivity contribution in [3.63, 3.8) is 0 Å². The summed E-state index contributed by atoms with van der Waals surface area (Å²) in [6.45, 7) is 0. The van der Waals surface area contributed by atoms with Gasteiger partial charge in [-0.1, -0.05) is 0 Å². The van der Waals surface area contributed by atoms with Crippen LogP contribution in [-0.4, -0.2) is 4.57 Å². The summed E-state index contributed by atoms with van der Waals surface area (Å²) in [4.78, 5) is 10.7. The number of halogens is 4. The first-order valence-corrected chi connectivity index (χ1v) is 3.26. The van der Waals surface area contributed by atoms with E-state index in [1.807, 2.05) is 0 Å². The minimum absolute atomic E-state index is 0.525. The zero-order chi connectivity index (χ0) is 10.2. The maximum absolute atomic E-state index is 12.7. The lowest BCUT2D eigenvalue weighted by molar-refractivity contribution is -0.140. The van der Waals surface area contributed by atoms with Crippen molar-refractivity contribution in [3.05, 3.63) is 34.0 Å². The molecule has 0 spiro atoms. The summed E-state index contributed by atoms with van der Waals surface area (Å²) in [5.41, 5.74) is -2.81. The van der Waals surface area contributed by atoms with Crippen LogP contribution in [0.3, 0.4) is 0 Å². The molecule has 2 nitrogen and oxygen atoms in total. The molecule has 0 unspecified atom stereocenters. The summed E-state index contributed by atoms with van der Waals surface area (Å²) < 4.78 is 49.4. The SMILES string of the molecule is Cn1ccc(C(F)(F)F)c(F)c1=O. The second-order valence-electron chi connectivity index (χ2n) is 2.46. The van der Waals surface area contributed by atoms with Gasteiger partial charge in [0.15, 0.2) is 0 Å². The van der Waals surface area contributed by atoms with Crippen molar-refractivity contribution in [2.24, 2.45) is 7.05 Å². The van der Waals surface area contributed by atoms with Crippen LogP contribution in [0, 0.1) is 5.82 Å². The van der Waals surface area contributed by atoms with E-state index in [4.69, 9.17) is 0 Å². The third kappa shape index (κ3) is 1.71. The molecule has 1 heterocycles. The maximum Gasteiger partial charge on any atom is 0.419 e. The van der Waals surface area contributed by atoms with Gasteiger partial charge in [0, 0.05) is 13.2 Å². The van der Waals surface area contributed by atoms with Crippen molar-refractivity contribution in [1.29, 1.82) is 0 Å². The third-order valence-electron chi connectivity index (χ3n) is 1.51. The van der Waals surface area contributed by atoms with Gasteiger partial charge in [-0.3, -0.25) is 4.79 Å². The van der Waals surface area contributed by atoms with E-state index in [-0.39, 0.29) is 0 Å². The molecule has 0 radical (unpaired) electrons. The smallest absolute Gasteiger partial charge is 0.316 e. The molecule has 0 fully saturated rings. The average Bonchev–Trinajstić information content (AvgIpc) is 1.98. The molecule has 0 aliphatic carbocycles. The van der Waals surface area contributed by atoms with Gasteiger partial charge in [0.05, 0.1) is 5.56 Å². The molecule has 0 atom stereocenters. The Morgan fingerprint density at radius 2 is 1.92 bits per heavy atom. The van der Waals surface area contributed by atoms with Gasteiger partial charge in [-0.25, -0.2) is 4.39 Å². The van der Waals surface area contributed by atoms with E-state index in [1.165, 1.54) is 7.05 Å². The van der Waals surface area contributed by atoms with E-state index in [9.17, 15) is 22.4 Å². The Balaban J connectivity index is 3.44. The number of hydrogen-bond donors (Lipinski definition) is 0. The van der Waals surface area contributed by atoms with Crippen molar-refractivity contribution in [2.45, 2.75) is 6.18 Å². The summed E-state index contributed by atoms with van der Waals surface area (Å²) in [6.07, 6.45) is -3.95. The molecule has 1 aromatic heterocycles. The van der Waals surface area contributed by atoms with Crippen LogP contribution >= 0.6 is 0 Å². The monoisotopic (exact) mass is 195 g/mol. The summed E-state index contributed by atoms with van der Waals surface area (Å²) in [5.74, 6) is -1.77. The molecule has 6 heteroatoms. The molecule has 1 aromatic rings. The van der Waals surface area contributed by atoms with Crippen LogP contribution < -0.4 is 5.56 Å². The number of rotatable bonds is 0. The summed E-state index contributed by atoms with van der Waals surface area (Å²) in [7, 11) is 1.17. The van der Waals surface area contributed by atoms with Crippen molar-refractivity contribution in [1.82, 2.24) is 4.57 Å². The highest BCUT2D eigenvalue weighted by molar-refractivity contribution is 5.16. The highest BCUT2D eigenvalue weighted by Crippen LogP contribution is 2.29. The molecule has 0 aliphatic rings.